The zero-order valence-electron chi connectivity index (χ0n) is 19.9. The Labute approximate surface area is 184 Å². The number of carboxylic acid groups (broad SMARTS) is 1. The molecule has 0 fully saturated rings. The predicted molar refractivity (Wildman–Crippen MR) is 124 cm³/mol. The van der Waals surface area contributed by atoms with E-state index in [4.69, 9.17) is 9.84 Å². The number of esters is 1. The van der Waals surface area contributed by atoms with Crippen molar-refractivity contribution in [3.63, 3.8) is 0 Å². The molecular weight excluding hydrogens is 378 g/mol. The van der Waals surface area contributed by atoms with Crippen LogP contribution in [0.4, 0.5) is 0 Å². The quantitative estimate of drug-likeness (QED) is 0.0923. The van der Waals surface area contributed by atoms with Gasteiger partial charge in [-0.05, 0) is 38.5 Å². The van der Waals surface area contributed by atoms with E-state index in [2.05, 4.69) is 19.1 Å². The van der Waals surface area contributed by atoms with Crippen LogP contribution in [-0.2, 0) is 14.3 Å². The van der Waals surface area contributed by atoms with Crippen molar-refractivity contribution in [2.45, 2.75) is 96.5 Å². The SMILES string of the molecule is CCCCCCCC/C=C\CCCCC/C=C/C(=O)O[C@H](CC(=O)O)C[N+](C)(C)C. The number of rotatable bonds is 19. The Bertz CT molecular complexity index is 506. The summed E-state index contributed by atoms with van der Waals surface area (Å²) in [6.45, 7) is 2.72. The molecule has 0 saturated carbocycles. The van der Waals surface area contributed by atoms with Gasteiger partial charge in [-0.1, -0.05) is 63.7 Å². The van der Waals surface area contributed by atoms with Gasteiger partial charge in [0.15, 0.2) is 6.10 Å². The Morgan fingerprint density at radius 1 is 0.833 bits per heavy atom. The maximum absolute atomic E-state index is 11.9. The predicted octanol–water partition coefficient (Wildman–Crippen LogP) is 5.89. The Morgan fingerprint density at radius 3 is 1.87 bits per heavy atom. The molecule has 0 unspecified atom stereocenters. The van der Waals surface area contributed by atoms with Gasteiger partial charge in [0.2, 0.25) is 0 Å². The maximum Gasteiger partial charge on any atom is 0.330 e. The van der Waals surface area contributed by atoms with Gasteiger partial charge in [-0.25, -0.2) is 4.79 Å². The van der Waals surface area contributed by atoms with Crippen molar-refractivity contribution in [3.05, 3.63) is 24.3 Å². The first-order valence-electron chi connectivity index (χ1n) is 11.8. The smallest absolute Gasteiger partial charge is 0.330 e. The molecular formula is C25H46NO4+. The Balaban J connectivity index is 3.77. The standard InChI is InChI=1S/C25H45NO4/c1-5-6-7-8-9-10-11-12-13-14-15-16-17-18-19-20-25(29)30-23(21-24(27)28)22-26(2,3)4/h12-13,19-20,23H,5-11,14-18,21-22H2,1-4H3/p+1/b13-12-,20-19+/t23-/m1/s1. The van der Waals surface area contributed by atoms with Crippen LogP contribution in [-0.4, -0.2) is 55.3 Å². The number of carbonyl (C=O) groups is 2. The van der Waals surface area contributed by atoms with Gasteiger partial charge >= 0.3 is 11.9 Å². The van der Waals surface area contributed by atoms with Crippen LogP contribution in [0, 0.1) is 0 Å². The lowest BCUT2D eigenvalue weighted by atomic mass is 10.1. The number of quaternary nitrogens is 1. The third-order valence-corrected chi connectivity index (χ3v) is 4.82. The lowest BCUT2D eigenvalue weighted by molar-refractivity contribution is -0.873. The molecule has 0 aliphatic heterocycles. The van der Waals surface area contributed by atoms with Crippen LogP contribution in [0.15, 0.2) is 24.3 Å². The van der Waals surface area contributed by atoms with Crippen molar-refractivity contribution in [1.82, 2.24) is 0 Å². The number of unbranched alkanes of at least 4 members (excludes halogenated alkanes) is 10. The van der Waals surface area contributed by atoms with Crippen LogP contribution in [0.1, 0.15) is 90.4 Å². The number of nitrogens with zero attached hydrogens (tertiary/aromatic N) is 1. The van der Waals surface area contributed by atoms with Gasteiger partial charge in [0, 0.05) is 6.08 Å². The van der Waals surface area contributed by atoms with Crippen molar-refractivity contribution in [2.75, 3.05) is 27.7 Å². The van der Waals surface area contributed by atoms with Gasteiger partial charge in [0.25, 0.3) is 0 Å². The van der Waals surface area contributed by atoms with E-state index in [1.807, 2.05) is 27.2 Å². The second kappa shape index (κ2) is 18.2. The molecule has 174 valence electrons. The number of hydrogen-bond acceptors (Lipinski definition) is 3. The van der Waals surface area contributed by atoms with Crippen LogP contribution in [0.5, 0.6) is 0 Å². The van der Waals surface area contributed by atoms with Gasteiger partial charge < -0.3 is 14.3 Å². The van der Waals surface area contributed by atoms with E-state index in [-0.39, 0.29) is 6.42 Å². The minimum Gasteiger partial charge on any atom is -0.481 e. The average molecular weight is 425 g/mol. The van der Waals surface area contributed by atoms with Crippen molar-refractivity contribution in [2.24, 2.45) is 0 Å². The lowest BCUT2D eigenvalue weighted by Crippen LogP contribution is -2.43. The molecule has 5 nitrogen and oxygen atoms in total. The molecule has 0 saturated heterocycles. The van der Waals surface area contributed by atoms with Crippen LogP contribution in [0.3, 0.4) is 0 Å². The van der Waals surface area contributed by atoms with E-state index in [0.29, 0.717) is 11.0 Å². The van der Waals surface area contributed by atoms with E-state index >= 15 is 0 Å². The van der Waals surface area contributed by atoms with E-state index in [0.717, 1.165) is 25.7 Å². The fourth-order valence-electron chi connectivity index (χ4n) is 3.31. The van der Waals surface area contributed by atoms with E-state index < -0.39 is 18.0 Å². The molecule has 0 aliphatic carbocycles. The highest BCUT2D eigenvalue weighted by atomic mass is 16.5. The van der Waals surface area contributed by atoms with Crippen LogP contribution >= 0.6 is 0 Å². The second-order valence-corrected chi connectivity index (χ2v) is 9.20. The number of likely N-dealkylation sites (N-methyl/N-ethyl adjacent to an activating group) is 1. The summed E-state index contributed by atoms with van der Waals surface area (Å²) < 4.78 is 5.87. The molecule has 0 radical (unpaired) electrons. The highest BCUT2D eigenvalue weighted by molar-refractivity contribution is 5.82. The van der Waals surface area contributed by atoms with Crippen LogP contribution in [0.2, 0.25) is 0 Å². The summed E-state index contributed by atoms with van der Waals surface area (Å²) in [6.07, 6.45) is 21.8. The molecule has 0 heterocycles. The molecule has 0 bridgehead atoms. The average Bonchev–Trinajstić information content (AvgIpc) is 2.63. The van der Waals surface area contributed by atoms with Crippen molar-refractivity contribution in [3.8, 4) is 0 Å². The van der Waals surface area contributed by atoms with E-state index in [1.54, 1.807) is 0 Å². The summed E-state index contributed by atoms with van der Waals surface area (Å²) in [5.41, 5.74) is 0. The molecule has 1 atom stereocenters. The Hall–Kier alpha value is -1.62. The zero-order valence-corrected chi connectivity index (χ0v) is 19.9. The maximum atomic E-state index is 11.9. The van der Waals surface area contributed by atoms with Gasteiger partial charge in [0.05, 0.1) is 27.6 Å². The topological polar surface area (TPSA) is 63.6 Å². The highest BCUT2D eigenvalue weighted by Gasteiger charge is 2.23. The number of hydrogen-bond donors (Lipinski definition) is 1. The highest BCUT2D eigenvalue weighted by Crippen LogP contribution is 2.09. The molecule has 0 rings (SSSR count). The molecule has 0 amide bonds. The zero-order chi connectivity index (χ0) is 22.7. The largest absolute Gasteiger partial charge is 0.481 e. The molecule has 0 aromatic carbocycles. The van der Waals surface area contributed by atoms with Crippen molar-refractivity contribution in [1.29, 1.82) is 0 Å². The fourth-order valence-corrected chi connectivity index (χ4v) is 3.31. The van der Waals surface area contributed by atoms with Crippen molar-refractivity contribution >= 4 is 11.9 Å². The monoisotopic (exact) mass is 424 g/mol. The van der Waals surface area contributed by atoms with Crippen LogP contribution in [0.25, 0.3) is 0 Å². The molecule has 30 heavy (non-hydrogen) atoms. The summed E-state index contributed by atoms with van der Waals surface area (Å²) >= 11 is 0. The summed E-state index contributed by atoms with van der Waals surface area (Å²) in [4.78, 5) is 22.9. The molecule has 0 aromatic heterocycles. The molecule has 5 heteroatoms. The number of aliphatic carboxylic acids is 1. The van der Waals surface area contributed by atoms with Gasteiger partial charge in [-0.3, -0.25) is 4.79 Å². The summed E-state index contributed by atoms with van der Waals surface area (Å²) in [6, 6.07) is 0. The summed E-state index contributed by atoms with van der Waals surface area (Å²) in [5.74, 6) is -1.40. The number of carbonyl (C=O) groups excluding carboxylic acids is 1. The first-order chi connectivity index (χ1) is 14.2. The third kappa shape index (κ3) is 21.1. The van der Waals surface area contributed by atoms with Crippen LogP contribution < -0.4 is 0 Å². The molecule has 0 aliphatic rings. The Morgan fingerprint density at radius 2 is 1.33 bits per heavy atom. The number of allylic oxidation sites excluding steroid dienone is 3. The third-order valence-electron chi connectivity index (χ3n) is 4.82. The first kappa shape index (κ1) is 28.4. The van der Waals surface area contributed by atoms with Gasteiger partial charge in [-0.15, -0.1) is 0 Å². The molecule has 0 aromatic rings. The number of carboxylic acids is 1. The van der Waals surface area contributed by atoms with Crippen molar-refractivity contribution < 1.29 is 23.9 Å². The van der Waals surface area contributed by atoms with E-state index in [1.165, 1.54) is 57.4 Å². The minimum absolute atomic E-state index is 0.165. The molecule has 1 N–H and O–H groups in total. The normalized spacial score (nSPS) is 13.2. The number of ether oxygens (including phenoxy) is 1. The summed E-state index contributed by atoms with van der Waals surface area (Å²) in [7, 11) is 5.84. The fraction of sp³-hybridized carbons (Fsp3) is 0.760. The molecule has 0 spiro atoms. The minimum atomic E-state index is -0.953. The second-order valence-electron chi connectivity index (χ2n) is 9.20. The first-order valence-corrected chi connectivity index (χ1v) is 11.8. The Kier molecular flexibility index (Phi) is 17.2. The van der Waals surface area contributed by atoms with Gasteiger partial charge in [-0.2, -0.15) is 0 Å². The van der Waals surface area contributed by atoms with Gasteiger partial charge in [0.1, 0.15) is 6.54 Å². The van der Waals surface area contributed by atoms with E-state index in [9.17, 15) is 9.59 Å². The summed E-state index contributed by atoms with van der Waals surface area (Å²) in [5, 5.41) is 8.99. The lowest BCUT2D eigenvalue weighted by Gasteiger charge is -2.28.